The van der Waals surface area contributed by atoms with Gasteiger partial charge < -0.3 is 20.1 Å². The number of carbonyl (C=O) groups is 1. The molecule has 7 nitrogen and oxygen atoms in total. The Balaban J connectivity index is 1.96. The van der Waals surface area contributed by atoms with Crippen LogP contribution in [0.3, 0.4) is 0 Å². The summed E-state index contributed by atoms with van der Waals surface area (Å²) in [6.45, 7) is 4.22. The van der Waals surface area contributed by atoms with Crippen LogP contribution in [0.5, 0.6) is 0 Å². The second-order valence-corrected chi connectivity index (χ2v) is 4.69. The number of ether oxygens (including phenoxy) is 2. The Morgan fingerprint density at radius 2 is 2.40 bits per heavy atom. The van der Waals surface area contributed by atoms with E-state index in [1.165, 1.54) is 6.20 Å². The number of hydrogen-bond donors (Lipinski definition) is 2. The highest BCUT2D eigenvalue weighted by Gasteiger charge is 2.35. The predicted molar refractivity (Wildman–Crippen MR) is 73.7 cm³/mol. The van der Waals surface area contributed by atoms with Crippen molar-refractivity contribution < 1.29 is 14.3 Å². The standard InChI is InChI=1S/C13H20N4O3/c1-3-15-11-7-14-6-10(17-11)12(18)16-8-13(19-2)4-5-20-9-13/h6-7H,3-5,8-9H2,1-2H3,(H,15,17)(H,16,18). The van der Waals surface area contributed by atoms with E-state index in [0.29, 0.717) is 25.6 Å². The fraction of sp³-hybridized carbons (Fsp3) is 0.615. The zero-order valence-corrected chi connectivity index (χ0v) is 11.8. The molecule has 7 heteroatoms. The summed E-state index contributed by atoms with van der Waals surface area (Å²) >= 11 is 0. The maximum absolute atomic E-state index is 12.1. The highest BCUT2D eigenvalue weighted by molar-refractivity contribution is 5.92. The summed E-state index contributed by atoms with van der Waals surface area (Å²) in [6.07, 6.45) is 3.80. The third-order valence-electron chi connectivity index (χ3n) is 3.30. The van der Waals surface area contributed by atoms with Crippen molar-refractivity contribution in [2.45, 2.75) is 18.9 Å². The van der Waals surface area contributed by atoms with Gasteiger partial charge in [-0.25, -0.2) is 4.98 Å². The maximum Gasteiger partial charge on any atom is 0.271 e. The van der Waals surface area contributed by atoms with Crippen molar-refractivity contribution in [1.82, 2.24) is 15.3 Å². The fourth-order valence-electron chi connectivity index (χ4n) is 2.03. The molecule has 2 rings (SSSR count). The first-order valence-electron chi connectivity index (χ1n) is 6.66. The predicted octanol–water partition coefficient (Wildman–Crippen LogP) is 0.444. The van der Waals surface area contributed by atoms with E-state index in [9.17, 15) is 4.79 Å². The molecule has 0 aromatic carbocycles. The summed E-state index contributed by atoms with van der Waals surface area (Å²) in [5.41, 5.74) is -0.142. The first-order chi connectivity index (χ1) is 9.69. The molecule has 0 bridgehead atoms. The number of nitrogens with one attached hydrogen (secondary N) is 2. The minimum atomic E-state index is -0.428. The molecule has 1 fully saturated rings. The molecule has 1 aromatic heterocycles. The van der Waals surface area contributed by atoms with E-state index in [1.54, 1.807) is 13.3 Å². The first kappa shape index (κ1) is 14.7. The van der Waals surface area contributed by atoms with Gasteiger partial charge in [-0.1, -0.05) is 0 Å². The van der Waals surface area contributed by atoms with Gasteiger partial charge in [-0.15, -0.1) is 0 Å². The Morgan fingerprint density at radius 3 is 3.05 bits per heavy atom. The van der Waals surface area contributed by atoms with E-state index in [0.717, 1.165) is 13.0 Å². The summed E-state index contributed by atoms with van der Waals surface area (Å²) in [6, 6.07) is 0. The monoisotopic (exact) mass is 280 g/mol. The van der Waals surface area contributed by atoms with E-state index in [-0.39, 0.29) is 11.6 Å². The molecule has 0 aliphatic carbocycles. The van der Waals surface area contributed by atoms with Gasteiger partial charge in [0.15, 0.2) is 0 Å². The highest BCUT2D eigenvalue weighted by Crippen LogP contribution is 2.21. The summed E-state index contributed by atoms with van der Waals surface area (Å²) in [4.78, 5) is 20.3. The van der Waals surface area contributed by atoms with Gasteiger partial charge in [0.1, 0.15) is 17.1 Å². The van der Waals surface area contributed by atoms with Crippen molar-refractivity contribution >= 4 is 11.7 Å². The van der Waals surface area contributed by atoms with Gasteiger partial charge >= 0.3 is 0 Å². The molecule has 1 saturated heterocycles. The number of methoxy groups -OCH3 is 1. The maximum atomic E-state index is 12.1. The molecule has 1 aliphatic rings. The second kappa shape index (κ2) is 6.62. The van der Waals surface area contributed by atoms with E-state index >= 15 is 0 Å². The quantitative estimate of drug-likeness (QED) is 0.786. The SMILES string of the molecule is CCNc1cncc(C(=O)NCC2(OC)CCOC2)n1. The molecule has 20 heavy (non-hydrogen) atoms. The van der Waals surface area contributed by atoms with Crippen molar-refractivity contribution in [3.05, 3.63) is 18.1 Å². The molecular weight excluding hydrogens is 260 g/mol. The summed E-state index contributed by atoms with van der Waals surface area (Å²) < 4.78 is 10.8. The highest BCUT2D eigenvalue weighted by atomic mass is 16.5. The van der Waals surface area contributed by atoms with Gasteiger partial charge in [-0.3, -0.25) is 9.78 Å². The molecule has 0 radical (unpaired) electrons. The number of rotatable bonds is 6. The van der Waals surface area contributed by atoms with E-state index in [1.807, 2.05) is 6.92 Å². The third-order valence-corrected chi connectivity index (χ3v) is 3.30. The van der Waals surface area contributed by atoms with Crippen LogP contribution >= 0.6 is 0 Å². The van der Waals surface area contributed by atoms with Crippen LogP contribution in [0.4, 0.5) is 5.82 Å². The molecule has 1 atom stereocenters. The van der Waals surface area contributed by atoms with Crippen LogP contribution in [0.15, 0.2) is 12.4 Å². The van der Waals surface area contributed by atoms with Crippen molar-refractivity contribution in [3.8, 4) is 0 Å². The van der Waals surface area contributed by atoms with Crippen molar-refractivity contribution in [2.75, 3.05) is 38.7 Å². The second-order valence-electron chi connectivity index (χ2n) is 4.69. The average Bonchev–Trinajstić information content (AvgIpc) is 2.95. The largest absolute Gasteiger partial charge is 0.378 e. The van der Waals surface area contributed by atoms with E-state index in [4.69, 9.17) is 9.47 Å². The zero-order valence-electron chi connectivity index (χ0n) is 11.8. The smallest absolute Gasteiger partial charge is 0.271 e. The van der Waals surface area contributed by atoms with Gasteiger partial charge in [-0.05, 0) is 6.92 Å². The lowest BCUT2D eigenvalue weighted by atomic mass is 10.0. The van der Waals surface area contributed by atoms with Crippen molar-refractivity contribution in [1.29, 1.82) is 0 Å². The molecule has 2 N–H and O–H groups in total. The average molecular weight is 280 g/mol. The Labute approximate surface area is 118 Å². The molecule has 1 aromatic rings. The lowest BCUT2D eigenvalue weighted by molar-refractivity contribution is -0.0149. The van der Waals surface area contributed by atoms with Crippen LogP contribution < -0.4 is 10.6 Å². The third kappa shape index (κ3) is 3.43. The van der Waals surface area contributed by atoms with E-state index < -0.39 is 5.60 Å². The van der Waals surface area contributed by atoms with Gasteiger partial charge in [0.25, 0.3) is 5.91 Å². The van der Waals surface area contributed by atoms with E-state index in [2.05, 4.69) is 20.6 Å². The van der Waals surface area contributed by atoms with Crippen molar-refractivity contribution in [2.24, 2.45) is 0 Å². The van der Waals surface area contributed by atoms with Crippen LogP contribution in [-0.4, -0.2) is 54.9 Å². The van der Waals surface area contributed by atoms with Crippen LogP contribution in [0.2, 0.25) is 0 Å². The zero-order chi connectivity index (χ0) is 14.4. The summed E-state index contributed by atoms with van der Waals surface area (Å²) in [5.74, 6) is 0.325. The van der Waals surface area contributed by atoms with Gasteiger partial charge in [0.05, 0.1) is 19.0 Å². The Kier molecular flexibility index (Phi) is 4.86. The molecule has 0 saturated carbocycles. The number of carbonyl (C=O) groups excluding carboxylic acids is 1. The number of nitrogens with zero attached hydrogens (tertiary/aromatic N) is 2. The van der Waals surface area contributed by atoms with Gasteiger partial charge in [-0.2, -0.15) is 0 Å². The lowest BCUT2D eigenvalue weighted by Crippen LogP contribution is -2.45. The molecule has 1 amide bonds. The Hall–Kier alpha value is -1.73. The fourth-order valence-corrected chi connectivity index (χ4v) is 2.03. The van der Waals surface area contributed by atoms with Crippen LogP contribution in [-0.2, 0) is 9.47 Å². The van der Waals surface area contributed by atoms with Gasteiger partial charge in [0.2, 0.25) is 0 Å². The number of hydrogen-bond acceptors (Lipinski definition) is 6. The molecule has 110 valence electrons. The van der Waals surface area contributed by atoms with Crippen LogP contribution in [0.25, 0.3) is 0 Å². The van der Waals surface area contributed by atoms with Crippen molar-refractivity contribution in [3.63, 3.8) is 0 Å². The summed E-state index contributed by atoms with van der Waals surface area (Å²) in [5, 5.41) is 5.85. The number of amides is 1. The first-order valence-corrected chi connectivity index (χ1v) is 6.66. The molecular formula is C13H20N4O3. The topological polar surface area (TPSA) is 85.4 Å². The van der Waals surface area contributed by atoms with Crippen LogP contribution in [0.1, 0.15) is 23.8 Å². The number of aromatic nitrogens is 2. The lowest BCUT2D eigenvalue weighted by Gasteiger charge is -2.25. The molecule has 0 spiro atoms. The molecule has 2 heterocycles. The minimum Gasteiger partial charge on any atom is -0.378 e. The Morgan fingerprint density at radius 1 is 1.55 bits per heavy atom. The minimum absolute atomic E-state index is 0.263. The molecule has 1 unspecified atom stereocenters. The van der Waals surface area contributed by atoms with Crippen LogP contribution in [0, 0.1) is 0 Å². The normalized spacial score (nSPS) is 21.7. The summed E-state index contributed by atoms with van der Waals surface area (Å²) in [7, 11) is 1.63. The Bertz CT molecular complexity index is 461. The molecule has 1 aliphatic heterocycles. The van der Waals surface area contributed by atoms with Gasteiger partial charge in [0, 0.05) is 33.2 Å². The number of anilines is 1.